The van der Waals surface area contributed by atoms with Gasteiger partial charge < -0.3 is 11.1 Å². The highest BCUT2D eigenvalue weighted by Crippen LogP contribution is 2.34. The van der Waals surface area contributed by atoms with Crippen molar-refractivity contribution in [2.75, 3.05) is 13.1 Å². The molecule has 1 aromatic heterocycles. The van der Waals surface area contributed by atoms with E-state index >= 15 is 0 Å². The zero-order valence-electron chi connectivity index (χ0n) is 11.8. The van der Waals surface area contributed by atoms with E-state index in [1.807, 2.05) is 0 Å². The fourth-order valence-electron chi connectivity index (χ4n) is 3.58. The first-order chi connectivity index (χ1) is 9.72. The third-order valence-electron chi connectivity index (χ3n) is 4.52. The zero-order chi connectivity index (χ0) is 13.9. The predicted octanol–water partition coefficient (Wildman–Crippen LogP) is 1.36. The summed E-state index contributed by atoms with van der Waals surface area (Å²) in [6.07, 6.45) is 5.46. The summed E-state index contributed by atoms with van der Waals surface area (Å²) in [5.41, 5.74) is 6.06. The Morgan fingerprint density at radius 2 is 2.15 bits per heavy atom. The molecule has 3 N–H and O–H groups in total. The summed E-state index contributed by atoms with van der Waals surface area (Å²) in [5.74, 6) is 0.161. The Bertz CT molecular complexity index is 434. The topological polar surface area (TPSA) is 58.4 Å². The Kier molecular flexibility index (Phi) is 4.38. The van der Waals surface area contributed by atoms with Gasteiger partial charge in [-0.25, -0.2) is 0 Å². The Labute approximate surface area is 124 Å². The van der Waals surface area contributed by atoms with Crippen LogP contribution in [-0.2, 0) is 11.2 Å². The highest BCUT2D eigenvalue weighted by Gasteiger charge is 2.40. The van der Waals surface area contributed by atoms with Gasteiger partial charge in [-0.3, -0.25) is 9.69 Å². The van der Waals surface area contributed by atoms with Gasteiger partial charge in [-0.1, -0.05) is 6.07 Å². The maximum Gasteiger partial charge on any atom is 0.234 e. The van der Waals surface area contributed by atoms with Crippen LogP contribution in [0.1, 0.15) is 30.6 Å². The Balaban J connectivity index is 1.43. The van der Waals surface area contributed by atoms with E-state index in [1.54, 1.807) is 11.3 Å². The Morgan fingerprint density at radius 3 is 2.80 bits per heavy atom. The van der Waals surface area contributed by atoms with Crippen LogP contribution in [0.3, 0.4) is 0 Å². The third-order valence-corrected chi connectivity index (χ3v) is 5.46. The normalized spacial score (nSPS) is 29.6. The van der Waals surface area contributed by atoms with Crippen LogP contribution in [0.15, 0.2) is 17.5 Å². The molecule has 2 fully saturated rings. The van der Waals surface area contributed by atoms with Gasteiger partial charge in [-0.15, -0.1) is 11.3 Å². The second-order valence-electron chi connectivity index (χ2n) is 5.97. The summed E-state index contributed by atoms with van der Waals surface area (Å²) in [6, 6.07) is 5.57. The number of hydrogen-bond acceptors (Lipinski definition) is 4. The fraction of sp³-hybridized carbons (Fsp3) is 0.667. The number of nitrogens with two attached hydrogens (primary N) is 1. The minimum Gasteiger partial charge on any atom is -0.355 e. The molecule has 0 aliphatic carbocycles. The number of piperidine rings is 1. The molecule has 0 radical (unpaired) electrons. The fourth-order valence-corrected chi connectivity index (χ4v) is 4.29. The van der Waals surface area contributed by atoms with E-state index < -0.39 is 0 Å². The average Bonchev–Trinajstić information content (AvgIpc) is 2.98. The van der Waals surface area contributed by atoms with Crippen LogP contribution >= 0.6 is 11.3 Å². The van der Waals surface area contributed by atoms with Gasteiger partial charge in [-0.2, -0.15) is 0 Å². The lowest BCUT2D eigenvalue weighted by Crippen LogP contribution is -2.51. The van der Waals surface area contributed by atoms with Crippen molar-refractivity contribution in [3.63, 3.8) is 0 Å². The van der Waals surface area contributed by atoms with E-state index in [-0.39, 0.29) is 5.91 Å². The third kappa shape index (κ3) is 3.22. The van der Waals surface area contributed by atoms with Crippen molar-refractivity contribution in [3.05, 3.63) is 22.4 Å². The first-order valence-electron chi connectivity index (χ1n) is 7.53. The number of carbonyl (C=O) groups excluding carboxylic acids is 1. The Morgan fingerprint density at radius 1 is 1.40 bits per heavy atom. The molecule has 0 spiro atoms. The molecule has 1 aromatic rings. The number of nitrogens with one attached hydrogen (secondary N) is 1. The molecule has 5 heteroatoms. The number of nitrogens with zero attached hydrogens (tertiary/aromatic N) is 1. The highest BCUT2D eigenvalue weighted by molar-refractivity contribution is 7.09. The lowest BCUT2D eigenvalue weighted by molar-refractivity contribution is -0.123. The molecule has 3 heterocycles. The van der Waals surface area contributed by atoms with Gasteiger partial charge in [0.2, 0.25) is 5.91 Å². The molecule has 20 heavy (non-hydrogen) atoms. The van der Waals surface area contributed by atoms with E-state index in [9.17, 15) is 4.79 Å². The lowest BCUT2D eigenvalue weighted by Gasteiger charge is -2.37. The summed E-state index contributed by atoms with van der Waals surface area (Å²) in [4.78, 5) is 15.8. The quantitative estimate of drug-likeness (QED) is 0.862. The molecule has 4 nitrogen and oxygen atoms in total. The molecule has 0 aromatic carbocycles. The largest absolute Gasteiger partial charge is 0.355 e. The van der Waals surface area contributed by atoms with Gasteiger partial charge in [0.1, 0.15) is 0 Å². The van der Waals surface area contributed by atoms with Gasteiger partial charge in [0.15, 0.2) is 0 Å². The SMILES string of the molecule is NC1CC2CCC(C1)N2CC(=O)NCCc1cccs1. The number of fused-ring (bicyclic) bond motifs is 2. The molecular weight excluding hydrogens is 270 g/mol. The van der Waals surface area contributed by atoms with E-state index in [0.29, 0.717) is 24.7 Å². The van der Waals surface area contributed by atoms with Gasteiger partial charge in [0, 0.05) is 29.5 Å². The minimum atomic E-state index is 0.161. The second-order valence-corrected chi connectivity index (χ2v) is 7.00. The lowest BCUT2D eigenvalue weighted by atomic mass is 9.98. The smallest absolute Gasteiger partial charge is 0.234 e. The van der Waals surface area contributed by atoms with Crippen LogP contribution in [0.4, 0.5) is 0 Å². The minimum absolute atomic E-state index is 0.161. The Hall–Kier alpha value is -0.910. The van der Waals surface area contributed by atoms with E-state index in [0.717, 1.165) is 25.8 Å². The van der Waals surface area contributed by atoms with Crippen LogP contribution in [-0.4, -0.2) is 42.0 Å². The molecule has 1 amide bonds. The van der Waals surface area contributed by atoms with E-state index in [1.165, 1.54) is 17.7 Å². The molecular formula is C15H23N3OS. The predicted molar refractivity (Wildman–Crippen MR) is 81.8 cm³/mol. The first kappa shape index (κ1) is 14.0. The summed E-state index contributed by atoms with van der Waals surface area (Å²) >= 11 is 1.75. The van der Waals surface area contributed by atoms with Crippen LogP contribution in [0.5, 0.6) is 0 Å². The number of amides is 1. The summed E-state index contributed by atoms with van der Waals surface area (Å²) in [7, 11) is 0. The van der Waals surface area contributed by atoms with E-state index in [4.69, 9.17) is 5.73 Å². The standard InChI is InChI=1S/C15H23N3OS/c16-11-8-12-3-4-13(9-11)18(12)10-15(19)17-6-5-14-2-1-7-20-14/h1-2,7,11-13H,3-6,8-10,16H2,(H,17,19). The summed E-state index contributed by atoms with van der Waals surface area (Å²) < 4.78 is 0. The molecule has 2 aliphatic heterocycles. The molecule has 2 aliphatic rings. The maximum absolute atomic E-state index is 12.1. The van der Waals surface area contributed by atoms with Gasteiger partial charge in [0.05, 0.1) is 6.54 Å². The maximum atomic E-state index is 12.1. The number of thiophene rings is 1. The molecule has 2 unspecified atom stereocenters. The van der Waals surface area contributed by atoms with Crippen LogP contribution in [0.25, 0.3) is 0 Å². The molecule has 3 rings (SSSR count). The van der Waals surface area contributed by atoms with Gasteiger partial charge in [0.25, 0.3) is 0 Å². The first-order valence-corrected chi connectivity index (χ1v) is 8.41. The van der Waals surface area contributed by atoms with E-state index in [2.05, 4.69) is 27.7 Å². The van der Waals surface area contributed by atoms with Crippen LogP contribution in [0, 0.1) is 0 Å². The highest BCUT2D eigenvalue weighted by atomic mass is 32.1. The molecule has 2 saturated heterocycles. The van der Waals surface area contributed by atoms with Crippen LogP contribution < -0.4 is 11.1 Å². The monoisotopic (exact) mass is 293 g/mol. The average molecular weight is 293 g/mol. The van der Waals surface area contributed by atoms with Gasteiger partial charge >= 0.3 is 0 Å². The van der Waals surface area contributed by atoms with Crippen molar-refractivity contribution in [2.45, 2.75) is 50.2 Å². The van der Waals surface area contributed by atoms with Crippen LogP contribution in [0.2, 0.25) is 0 Å². The summed E-state index contributed by atoms with van der Waals surface area (Å²) in [6.45, 7) is 1.29. The van der Waals surface area contributed by atoms with Crippen molar-refractivity contribution in [1.82, 2.24) is 10.2 Å². The van der Waals surface area contributed by atoms with Crippen molar-refractivity contribution in [2.24, 2.45) is 5.73 Å². The van der Waals surface area contributed by atoms with Gasteiger partial charge in [-0.05, 0) is 43.6 Å². The van der Waals surface area contributed by atoms with Crippen molar-refractivity contribution >= 4 is 17.2 Å². The van der Waals surface area contributed by atoms with Crippen molar-refractivity contribution < 1.29 is 4.79 Å². The second kappa shape index (κ2) is 6.24. The zero-order valence-corrected chi connectivity index (χ0v) is 12.6. The molecule has 110 valence electrons. The number of rotatable bonds is 5. The molecule has 0 saturated carbocycles. The van der Waals surface area contributed by atoms with Crippen molar-refractivity contribution in [3.8, 4) is 0 Å². The van der Waals surface area contributed by atoms with Crippen molar-refractivity contribution in [1.29, 1.82) is 0 Å². The summed E-state index contributed by atoms with van der Waals surface area (Å²) in [5, 5.41) is 5.12. The molecule has 2 bridgehead atoms. The number of carbonyl (C=O) groups is 1. The molecule has 2 atom stereocenters. The number of hydrogen-bond donors (Lipinski definition) is 2.